The van der Waals surface area contributed by atoms with Gasteiger partial charge in [-0.25, -0.2) is 4.79 Å². The zero-order valence-electron chi connectivity index (χ0n) is 22.8. The van der Waals surface area contributed by atoms with Gasteiger partial charge in [-0.3, -0.25) is 4.90 Å². The van der Waals surface area contributed by atoms with Crippen molar-refractivity contribution in [3.05, 3.63) is 82.9 Å². The maximum Gasteiger partial charge on any atom is 0.343 e. The van der Waals surface area contributed by atoms with Crippen molar-refractivity contribution in [1.82, 2.24) is 4.90 Å². The summed E-state index contributed by atoms with van der Waals surface area (Å²) in [5, 5.41) is 0. The summed E-state index contributed by atoms with van der Waals surface area (Å²) in [5.74, 6) is 16.0. The van der Waals surface area contributed by atoms with E-state index in [0.29, 0.717) is 23.6 Å². The molecule has 5 rings (SSSR count). The number of ether oxygens (including phenoxy) is 4. The Kier molecular flexibility index (Phi) is 10.3. The third kappa shape index (κ3) is 8.42. The van der Waals surface area contributed by atoms with E-state index in [-0.39, 0.29) is 13.2 Å². The fraction of sp³-hybridized carbons (Fsp3) is 0.265. The standard InChI is InChI=1S/C28H27NO5.C6H4/c1-4-26-23(10-6-14-29-15-18-32-19-16-29)8-5-9-24(26)11-7-17-33-25-12-13-27(22(2)20-25)34-21-28(30)31-3;1-2-5-4-6(5)3-1/h1,5,8-9,12-13,20H,14-19,21H2,2-3H3;1-4H. The van der Waals surface area contributed by atoms with Gasteiger partial charge in [0.2, 0.25) is 0 Å². The molecule has 3 aliphatic rings. The van der Waals surface area contributed by atoms with Gasteiger partial charge >= 0.3 is 5.97 Å². The summed E-state index contributed by atoms with van der Waals surface area (Å²) in [5.41, 5.74) is 5.92. The molecule has 6 heteroatoms. The Balaban J connectivity index is 0.000000534. The molecule has 0 amide bonds. The van der Waals surface area contributed by atoms with Gasteiger partial charge in [-0.2, -0.15) is 0 Å². The lowest BCUT2D eigenvalue weighted by molar-refractivity contribution is -0.142. The molecule has 0 spiro atoms. The number of benzene rings is 3. The van der Waals surface area contributed by atoms with Crippen LogP contribution in [-0.4, -0.2) is 64.0 Å². The maximum absolute atomic E-state index is 11.2. The van der Waals surface area contributed by atoms with E-state index in [1.807, 2.05) is 31.2 Å². The third-order valence-corrected chi connectivity index (χ3v) is 6.20. The average Bonchev–Trinajstić information content (AvgIpc) is 3.59. The molecular weight excluding hydrogens is 502 g/mol. The number of aryl methyl sites for hydroxylation is 1. The van der Waals surface area contributed by atoms with Crippen molar-refractivity contribution in [2.45, 2.75) is 6.92 Å². The summed E-state index contributed by atoms with van der Waals surface area (Å²) in [6.45, 7) is 5.89. The Morgan fingerprint density at radius 1 is 0.950 bits per heavy atom. The third-order valence-electron chi connectivity index (χ3n) is 6.20. The fourth-order valence-corrected chi connectivity index (χ4v) is 3.92. The molecule has 0 atom stereocenters. The molecule has 0 N–H and O–H groups in total. The monoisotopic (exact) mass is 533 g/mol. The minimum Gasteiger partial charge on any atom is -0.482 e. The number of hydrogen-bond donors (Lipinski definition) is 0. The summed E-state index contributed by atoms with van der Waals surface area (Å²) < 4.78 is 21.1. The van der Waals surface area contributed by atoms with E-state index in [1.165, 1.54) is 18.2 Å². The van der Waals surface area contributed by atoms with Gasteiger partial charge in [0.05, 0.1) is 32.4 Å². The largest absolute Gasteiger partial charge is 0.482 e. The summed E-state index contributed by atoms with van der Waals surface area (Å²) in [6, 6.07) is 19.5. The molecular formula is C34H31NO5. The number of terminal acetylenes is 1. The molecule has 40 heavy (non-hydrogen) atoms. The highest BCUT2D eigenvalue weighted by Crippen LogP contribution is 2.32. The molecule has 0 aromatic heterocycles. The van der Waals surface area contributed by atoms with Gasteiger partial charge in [0.15, 0.2) is 6.61 Å². The summed E-state index contributed by atoms with van der Waals surface area (Å²) in [6.07, 6.45) is 5.76. The zero-order valence-corrected chi connectivity index (χ0v) is 22.8. The molecule has 0 saturated carbocycles. The predicted molar refractivity (Wildman–Crippen MR) is 155 cm³/mol. The molecule has 202 valence electrons. The van der Waals surface area contributed by atoms with E-state index in [4.69, 9.17) is 20.6 Å². The second-order valence-corrected chi connectivity index (χ2v) is 9.03. The van der Waals surface area contributed by atoms with E-state index in [2.05, 4.69) is 63.5 Å². The van der Waals surface area contributed by atoms with Crippen LogP contribution in [0.5, 0.6) is 11.5 Å². The maximum atomic E-state index is 11.2. The van der Waals surface area contributed by atoms with Gasteiger partial charge < -0.3 is 18.9 Å². The van der Waals surface area contributed by atoms with Crippen LogP contribution in [-0.2, 0) is 14.3 Å². The molecule has 0 bridgehead atoms. The van der Waals surface area contributed by atoms with Crippen LogP contribution < -0.4 is 9.47 Å². The van der Waals surface area contributed by atoms with Crippen LogP contribution in [0.15, 0.2) is 60.7 Å². The van der Waals surface area contributed by atoms with Crippen molar-refractivity contribution in [3.63, 3.8) is 0 Å². The minimum atomic E-state index is -0.437. The van der Waals surface area contributed by atoms with Crippen molar-refractivity contribution in [1.29, 1.82) is 0 Å². The molecule has 1 fully saturated rings. The van der Waals surface area contributed by atoms with Crippen LogP contribution in [0.3, 0.4) is 0 Å². The van der Waals surface area contributed by atoms with Crippen LogP contribution >= 0.6 is 0 Å². The van der Waals surface area contributed by atoms with Crippen LogP contribution in [0.4, 0.5) is 0 Å². The van der Waals surface area contributed by atoms with Crippen LogP contribution in [0, 0.1) is 42.9 Å². The van der Waals surface area contributed by atoms with Crippen molar-refractivity contribution >= 4 is 5.97 Å². The first-order chi connectivity index (χ1) is 19.6. The van der Waals surface area contributed by atoms with Crippen molar-refractivity contribution in [2.24, 2.45) is 0 Å². The second-order valence-electron chi connectivity index (χ2n) is 9.03. The van der Waals surface area contributed by atoms with Gasteiger partial charge in [-0.05, 0) is 60.0 Å². The SMILES string of the molecule is C#Cc1c(C#CCOc2ccc(OCC(=O)OC)c(C)c2)cccc1C#CCN1CCOCC1.c1cc2cc-2c1. The van der Waals surface area contributed by atoms with Crippen LogP contribution in [0.1, 0.15) is 22.3 Å². The Morgan fingerprint density at radius 2 is 1.65 bits per heavy atom. The molecule has 2 aliphatic carbocycles. The number of morpholine rings is 1. The minimum absolute atomic E-state index is 0.142. The first-order valence-corrected chi connectivity index (χ1v) is 13.0. The number of carbonyl (C=O) groups excluding carboxylic acids is 1. The fourth-order valence-electron chi connectivity index (χ4n) is 3.92. The van der Waals surface area contributed by atoms with Gasteiger partial charge in [0.25, 0.3) is 0 Å². The lowest BCUT2D eigenvalue weighted by Crippen LogP contribution is -2.36. The normalized spacial score (nSPS) is 12.6. The van der Waals surface area contributed by atoms with E-state index in [1.54, 1.807) is 12.1 Å². The van der Waals surface area contributed by atoms with Gasteiger partial charge in [-0.1, -0.05) is 53.9 Å². The van der Waals surface area contributed by atoms with E-state index in [0.717, 1.165) is 43.0 Å². The molecule has 2 aromatic rings. The quantitative estimate of drug-likeness (QED) is 0.272. The van der Waals surface area contributed by atoms with Gasteiger partial charge in [0, 0.05) is 24.2 Å². The molecule has 0 unspecified atom stereocenters. The van der Waals surface area contributed by atoms with Gasteiger partial charge in [-0.15, -0.1) is 6.42 Å². The molecule has 1 saturated heterocycles. The topological polar surface area (TPSA) is 57.2 Å². The Labute approximate surface area is 236 Å². The highest BCUT2D eigenvalue weighted by atomic mass is 16.6. The summed E-state index contributed by atoms with van der Waals surface area (Å²) in [7, 11) is 1.32. The number of rotatable bonds is 6. The molecule has 1 heterocycles. The van der Waals surface area contributed by atoms with Crippen LogP contribution in [0.2, 0.25) is 0 Å². The number of nitrogens with zero attached hydrogens (tertiary/aromatic N) is 1. The summed E-state index contributed by atoms with van der Waals surface area (Å²) >= 11 is 0. The Hall–Kier alpha value is -4.67. The molecule has 2 aromatic carbocycles. The van der Waals surface area contributed by atoms with Crippen molar-refractivity contribution < 1.29 is 23.7 Å². The zero-order chi connectivity index (χ0) is 28.2. The first-order valence-electron chi connectivity index (χ1n) is 13.0. The number of esters is 1. The van der Waals surface area contributed by atoms with Crippen molar-refractivity contribution in [3.8, 4) is 58.7 Å². The van der Waals surface area contributed by atoms with Crippen LogP contribution in [0.25, 0.3) is 11.1 Å². The predicted octanol–water partition coefficient (Wildman–Crippen LogP) is 4.31. The number of fused-ring (bicyclic) bond motifs is 1. The lowest BCUT2D eigenvalue weighted by Gasteiger charge is -2.24. The van der Waals surface area contributed by atoms with E-state index < -0.39 is 5.97 Å². The summed E-state index contributed by atoms with van der Waals surface area (Å²) in [4.78, 5) is 13.5. The number of carbonyl (C=O) groups is 1. The highest BCUT2D eigenvalue weighted by molar-refractivity contribution is 5.80. The van der Waals surface area contributed by atoms with Gasteiger partial charge in [0.1, 0.15) is 18.1 Å². The molecule has 0 radical (unpaired) electrons. The Morgan fingerprint density at radius 3 is 2.25 bits per heavy atom. The van der Waals surface area contributed by atoms with E-state index in [9.17, 15) is 4.79 Å². The first kappa shape index (κ1) is 28.3. The lowest BCUT2D eigenvalue weighted by atomic mass is 10.0. The average molecular weight is 534 g/mol. The second kappa shape index (κ2) is 14.5. The molecule has 1 aliphatic heterocycles. The number of hydrogen-bond acceptors (Lipinski definition) is 6. The number of methoxy groups -OCH3 is 1. The van der Waals surface area contributed by atoms with Crippen molar-refractivity contribution in [2.75, 3.05) is 53.2 Å². The molecule has 6 nitrogen and oxygen atoms in total. The smallest absolute Gasteiger partial charge is 0.343 e. The van der Waals surface area contributed by atoms with E-state index >= 15 is 0 Å². The highest BCUT2D eigenvalue weighted by Gasteiger charge is 2.09. The Bertz CT molecular complexity index is 1490.